The normalized spacial score (nSPS) is 31.3. The third kappa shape index (κ3) is 2.76. The fraction of sp³-hybridized carbons (Fsp3) is 0.600. The first-order valence-corrected chi connectivity index (χ1v) is 6.99. The lowest BCUT2D eigenvalue weighted by Gasteiger charge is -2.30. The van der Waals surface area contributed by atoms with Crippen molar-refractivity contribution in [2.24, 2.45) is 0 Å². The first-order chi connectivity index (χ1) is 9.38. The molecular weight excluding hydrogens is 242 g/mol. The first kappa shape index (κ1) is 12.9. The second-order valence-corrected chi connectivity index (χ2v) is 5.19. The van der Waals surface area contributed by atoms with Crippen LogP contribution in [-0.4, -0.2) is 42.9 Å². The molecule has 3 rings (SSSR count). The van der Waals surface area contributed by atoms with E-state index in [1.165, 1.54) is 0 Å². The lowest BCUT2D eigenvalue weighted by molar-refractivity contribution is -0.0449. The Bertz CT molecular complexity index is 404. The summed E-state index contributed by atoms with van der Waals surface area (Å²) in [5.74, 6) is 1.01. The largest absolute Gasteiger partial charge is 0.468 e. The maximum absolute atomic E-state index is 5.93. The summed E-state index contributed by atoms with van der Waals surface area (Å²) < 4.78 is 17.3. The van der Waals surface area contributed by atoms with Gasteiger partial charge in [-0.05, 0) is 25.0 Å². The number of hydrogen-bond donors (Lipinski definition) is 0. The number of hydrogen-bond acceptors (Lipinski definition) is 4. The fourth-order valence-electron chi connectivity index (χ4n) is 3.16. The van der Waals surface area contributed by atoms with Crippen molar-refractivity contribution >= 4 is 0 Å². The molecule has 2 bridgehead atoms. The summed E-state index contributed by atoms with van der Waals surface area (Å²) in [4.78, 5) is 2.43. The number of furan rings is 1. The van der Waals surface area contributed by atoms with E-state index in [0.29, 0.717) is 12.6 Å². The van der Waals surface area contributed by atoms with Crippen molar-refractivity contribution in [3.63, 3.8) is 0 Å². The van der Waals surface area contributed by atoms with Crippen LogP contribution in [0, 0.1) is 0 Å². The van der Waals surface area contributed by atoms with Crippen molar-refractivity contribution in [2.75, 3.05) is 19.8 Å². The number of fused-ring (bicyclic) bond motifs is 2. The van der Waals surface area contributed by atoms with Gasteiger partial charge in [-0.3, -0.25) is 4.90 Å². The molecule has 2 fully saturated rings. The second kappa shape index (κ2) is 5.90. The molecule has 2 heterocycles. The van der Waals surface area contributed by atoms with Gasteiger partial charge >= 0.3 is 0 Å². The molecule has 2 aliphatic rings. The lowest BCUT2D eigenvalue weighted by Crippen LogP contribution is -2.42. The zero-order chi connectivity index (χ0) is 13.1. The Hall–Kier alpha value is -1.10. The summed E-state index contributed by atoms with van der Waals surface area (Å²) in [6.45, 7) is 6.87. The Morgan fingerprint density at radius 1 is 1.47 bits per heavy atom. The molecule has 0 radical (unpaired) electrons. The van der Waals surface area contributed by atoms with Crippen LogP contribution in [0.15, 0.2) is 35.5 Å². The summed E-state index contributed by atoms with van der Waals surface area (Å²) in [6.07, 6.45) is 6.16. The van der Waals surface area contributed by atoms with Gasteiger partial charge in [0, 0.05) is 12.6 Å². The zero-order valence-corrected chi connectivity index (χ0v) is 11.2. The maximum Gasteiger partial charge on any atom is 0.117 e. The minimum Gasteiger partial charge on any atom is -0.468 e. The van der Waals surface area contributed by atoms with Crippen molar-refractivity contribution in [3.8, 4) is 0 Å². The van der Waals surface area contributed by atoms with E-state index in [1.807, 2.05) is 12.1 Å². The third-order valence-electron chi connectivity index (χ3n) is 4.02. The van der Waals surface area contributed by atoms with E-state index in [0.717, 1.165) is 38.3 Å². The molecule has 0 spiro atoms. The van der Waals surface area contributed by atoms with Gasteiger partial charge in [0.2, 0.25) is 0 Å². The van der Waals surface area contributed by atoms with Crippen molar-refractivity contribution in [1.29, 1.82) is 0 Å². The van der Waals surface area contributed by atoms with E-state index in [2.05, 4.69) is 11.5 Å². The molecule has 0 amide bonds. The molecule has 1 aromatic heterocycles. The molecule has 1 aliphatic carbocycles. The first-order valence-electron chi connectivity index (χ1n) is 6.99. The zero-order valence-electron chi connectivity index (χ0n) is 11.2. The molecular formula is C15H21NO3. The topological polar surface area (TPSA) is 34.8 Å². The van der Waals surface area contributed by atoms with Crippen molar-refractivity contribution < 1.29 is 13.9 Å². The van der Waals surface area contributed by atoms with E-state index in [1.54, 1.807) is 12.3 Å². The van der Waals surface area contributed by atoms with Crippen LogP contribution in [0.4, 0.5) is 0 Å². The molecule has 1 aromatic rings. The standard InChI is InChI=1S/C15H21NO3/c1-2-8-19-15-13-5-6-14(15)18-10-7-16(13)11-12-4-3-9-17-12/h2-4,9,13-15H,1,5-8,10-11H2. The molecule has 1 saturated heterocycles. The van der Waals surface area contributed by atoms with Gasteiger partial charge in [0.25, 0.3) is 0 Å². The molecule has 1 aliphatic heterocycles. The van der Waals surface area contributed by atoms with Gasteiger partial charge in [-0.15, -0.1) is 6.58 Å². The molecule has 4 nitrogen and oxygen atoms in total. The van der Waals surface area contributed by atoms with E-state index < -0.39 is 0 Å². The Labute approximate surface area is 114 Å². The molecule has 0 N–H and O–H groups in total. The van der Waals surface area contributed by atoms with E-state index in [-0.39, 0.29) is 12.2 Å². The maximum atomic E-state index is 5.93. The predicted molar refractivity (Wildman–Crippen MR) is 71.8 cm³/mol. The quantitative estimate of drug-likeness (QED) is 0.763. The van der Waals surface area contributed by atoms with Gasteiger partial charge in [-0.1, -0.05) is 6.08 Å². The average molecular weight is 263 g/mol. The van der Waals surface area contributed by atoms with Gasteiger partial charge in [-0.2, -0.15) is 0 Å². The summed E-state index contributed by atoms with van der Waals surface area (Å²) in [5, 5.41) is 0. The monoisotopic (exact) mass is 263 g/mol. The van der Waals surface area contributed by atoms with Crippen molar-refractivity contribution in [1.82, 2.24) is 4.90 Å². The van der Waals surface area contributed by atoms with Crippen LogP contribution < -0.4 is 0 Å². The third-order valence-corrected chi connectivity index (χ3v) is 4.02. The van der Waals surface area contributed by atoms with Gasteiger partial charge < -0.3 is 13.9 Å². The molecule has 104 valence electrons. The van der Waals surface area contributed by atoms with Crippen LogP contribution >= 0.6 is 0 Å². The highest BCUT2D eigenvalue weighted by Gasteiger charge is 2.42. The minimum atomic E-state index is 0.162. The Balaban J connectivity index is 1.71. The van der Waals surface area contributed by atoms with Crippen LogP contribution in [0.1, 0.15) is 18.6 Å². The van der Waals surface area contributed by atoms with Crippen LogP contribution in [0.3, 0.4) is 0 Å². The fourth-order valence-corrected chi connectivity index (χ4v) is 3.16. The molecule has 1 saturated carbocycles. The molecule has 3 unspecified atom stereocenters. The highest BCUT2D eigenvalue weighted by Crippen LogP contribution is 2.32. The lowest BCUT2D eigenvalue weighted by atomic mass is 10.1. The summed E-state index contributed by atoms with van der Waals surface area (Å²) >= 11 is 0. The summed E-state index contributed by atoms with van der Waals surface area (Å²) in [7, 11) is 0. The van der Waals surface area contributed by atoms with Gasteiger partial charge in [0.15, 0.2) is 0 Å². The summed E-state index contributed by atoms with van der Waals surface area (Å²) in [6, 6.07) is 4.39. The number of rotatable bonds is 5. The van der Waals surface area contributed by atoms with Crippen molar-refractivity contribution in [2.45, 2.75) is 37.6 Å². The predicted octanol–water partition coefficient (Wildman–Crippen LogP) is 2.21. The number of nitrogens with zero attached hydrogens (tertiary/aromatic N) is 1. The molecule has 0 aromatic carbocycles. The van der Waals surface area contributed by atoms with Crippen LogP contribution in [0.25, 0.3) is 0 Å². The SMILES string of the molecule is C=CCOC1C2CCC1N(Cc1ccco1)CCO2. The Morgan fingerprint density at radius 3 is 3.21 bits per heavy atom. The van der Waals surface area contributed by atoms with E-state index in [4.69, 9.17) is 13.9 Å². The highest BCUT2D eigenvalue weighted by molar-refractivity contribution is 5.02. The molecule has 4 heteroatoms. The highest BCUT2D eigenvalue weighted by atomic mass is 16.5. The van der Waals surface area contributed by atoms with Crippen LogP contribution in [0.2, 0.25) is 0 Å². The molecule has 19 heavy (non-hydrogen) atoms. The van der Waals surface area contributed by atoms with Crippen molar-refractivity contribution in [3.05, 3.63) is 36.8 Å². The Kier molecular flexibility index (Phi) is 4.01. The van der Waals surface area contributed by atoms with E-state index in [9.17, 15) is 0 Å². The average Bonchev–Trinajstić information content (AvgIpc) is 2.99. The minimum absolute atomic E-state index is 0.162. The Morgan fingerprint density at radius 2 is 2.42 bits per heavy atom. The van der Waals surface area contributed by atoms with Crippen LogP contribution in [-0.2, 0) is 16.0 Å². The van der Waals surface area contributed by atoms with Gasteiger partial charge in [0.1, 0.15) is 5.76 Å². The second-order valence-electron chi connectivity index (χ2n) is 5.19. The van der Waals surface area contributed by atoms with Gasteiger partial charge in [-0.25, -0.2) is 0 Å². The summed E-state index contributed by atoms with van der Waals surface area (Å²) in [5.41, 5.74) is 0. The van der Waals surface area contributed by atoms with Crippen LogP contribution in [0.5, 0.6) is 0 Å². The number of ether oxygens (including phenoxy) is 2. The molecule has 3 atom stereocenters. The van der Waals surface area contributed by atoms with Gasteiger partial charge in [0.05, 0.1) is 38.2 Å². The smallest absolute Gasteiger partial charge is 0.117 e. The van der Waals surface area contributed by atoms with E-state index >= 15 is 0 Å².